The maximum atomic E-state index is 11.3. The van der Waals surface area contributed by atoms with Crippen LogP contribution in [0.5, 0.6) is 0 Å². The van der Waals surface area contributed by atoms with E-state index in [1.54, 1.807) is 13.8 Å². The van der Waals surface area contributed by atoms with Gasteiger partial charge in [0, 0.05) is 35.1 Å². The van der Waals surface area contributed by atoms with Crippen LogP contribution in [-0.4, -0.2) is 25.2 Å². The molecule has 0 saturated carbocycles. The van der Waals surface area contributed by atoms with Crippen LogP contribution in [0, 0.1) is 23.7 Å². The summed E-state index contributed by atoms with van der Waals surface area (Å²) >= 11 is 0. The van der Waals surface area contributed by atoms with Crippen LogP contribution in [0.25, 0.3) is 10.8 Å². The summed E-state index contributed by atoms with van der Waals surface area (Å²) in [6.45, 7) is 10.8. The summed E-state index contributed by atoms with van der Waals surface area (Å²) in [5.41, 5.74) is 2.55. The molecule has 2 aromatic carbocycles. The van der Waals surface area contributed by atoms with Gasteiger partial charge in [0.2, 0.25) is 0 Å². The third kappa shape index (κ3) is 7.34. The van der Waals surface area contributed by atoms with Gasteiger partial charge >= 0.3 is 11.9 Å². The zero-order valence-corrected chi connectivity index (χ0v) is 17.3. The maximum Gasteiger partial charge on any atom is 0.333 e. The van der Waals surface area contributed by atoms with Crippen molar-refractivity contribution in [3.05, 3.63) is 71.8 Å². The molecule has 0 bridgehead atoms. The lowest BCUT2D eigenvalue weighted by molar-refractivity contribution is -0.139. The summed E-state index contributed by atoms with van der Waals surface area (Å²) in [4.78, 5) is 22.6. The predicted molar refractivity (Wildman–Crippen MR) is 118 cm³/mol. The van der Waals surface area contributed by atoms with Crippen molar-refractivity contribution >= 4 is 22.7 Å². The summed E-state index contributed by atoms with van der Waals surface area (Å²) in [5, 5.41) is 2.13. The maximum absolute atomic E-state index is 11.3. The van der Waals surface area contributed by atoms with Crippen LogP contribution in [0.3, 0.4) is 0 Å². The van der Waals surface area contributed by atoms with E-state index in [1.165, 1.54) is 0 Å². The number of hydrogen-bond acceptors (Lipinski definition) is 4. The minimum atomic E-state index is -0.394. The monoisotopic (exact) mass is 400 g/mol. The minimum Gasteiger partial charge on any atom is -0.461 e. The van der Waals surface area contributed by atoms with Crippen LogP contribution in [0.4, 0.5) is 0 Å². The van der Waals surface area contributed by atoms with E-state index >= 15 is 0 Å². The molecule has 4 nitrogen and oxygen atoms in total. The number of carbonyl (C=O) groups excluding carboxylic acids is 2. The van der Waals surface area contributed by atoms with Gasteiger partial charge in [0.15, 0.2) is 0 Å². The fourth-order valence-corrected chi connectivity index (χ4v) is 2.37. The van der Waals surface area contributed by atoms with Crippen LogP contribution in [0.15, 0.2) is 60.7 Å². The van der Waals surface area contributed by atoms with Gasteiger partial charge in [-0.3, -0.25) is 0 Å². The van der Waals surface area contributed by atoms with Gasteiger partial charge in [0.1, 0.15) is 13.2 Å². The fraction of sp³-hybridized carbons (Fsp3) is 0.231. The van der Waals surface area contributed by atoms with Gasteiger partial charge in [-0.25, -0.2) is 9.59 Å². The summed E-state index contributed by atoms with van der Waals surface area (Å²) in [6.07, 6.45) is 0.931. The van der Waals surface area contributed by atoms with Gasteiger partial charge in [-0.1, -0.05) is 49.0 Å². The van der Waals surface area contributed by atoms with Gasteiger partial charge in [0.05, 0.1) is 0 Å². The molecule has 0 amide bonds. The quantitative estimate of drug-likeness (QED) is 0.309. The molecule has 2 rings (SSSR count). The Kier molecular flexibility index (Phi) is 8.48. The Hall–Kier alpha value is -3.76. The molecule has 0 aliphatic heterocycles. The average molecular weight is 400 g/mol. The SMILES string of the molecule is C=C(C)C(=O)OCCC#Cc1ccc2cc(C#CCCOC(=O)C(=C)C)ccc2c1. The van der Waals surface area contributed by atoms with Crippen LogP contribution in [0.2, 0.25) is 0 Å². The van der Waals surface area contributed by atoms with Crippen LogP contribution in [-0.2, 0) is 19.1 Å². The molecule has 0 aliphatic rings. The molecule has 0 radical (unpaired) electrons. The van der Waals surface area contributed by atoms with Crippen molar-refractivity contribution in [3.8, 4) is 23.7 Å². The molecular weight excluding hydrogens is 376 g/mol. The molecule has 0 N–H and O–H groups in total. The molecule has 0 saturated heterocycles. The van der Waals surface area contributed by atoms with Crippen molar-refractivity contribution in [3.63, 3.8) is 0 Å². The molecule has 0 atom stereocenters. The van der Waals surface area contributed by atoms with Crippen molar-refractivity contribution in [2.45, 2.75) is 26.7 Å². The Balaban J connectivity index is 1.92. The summed E-state index contributed by atoms with van der Waals surface area (Å²) in [6, 6.07) is 11.9. The third-order valence-electron chi connectivity index (χ3n) is 3.92. The zero-order valence-electron chi connectivity index (χ0n) is 17.3. The lowest BCUT2D eigenvalue weighted by Crippen LogP contribution is -2.05. The van der Waals surface area contributed by atoms with E-state index in [4.69, 9.17) is 9.47 Å². The minimum absolute atomic E-state index is 0.251. The molecule has 4 heteroatoms. The van der Waals surface area contributed by atoms with E-state index in [9.17, 15) is 9.59 Å². The van der Waals surface area contributed by atoms with Gasteiger partial charge in [0.25, 0.3) is 0 Å². The molecule has 0 spiro atoms. The number of ether oxygens (including phenoxy) is 2. The molecule has 0 aromatic heterocycles. The van der Waals surface area contributed by atoms with E-state index in [1.807, 2.05) is 36.4 Å². The largest absolute Gasteiger partial charge is 0.461 e. The fourth-order valence-electron chi connectivity index (χ4n) is 2.37. The van der Waals surface area contributed by atoms with Gasteiger partial charge in [-0.05, 0) is 48.9 Å². The molecule has 0 aliphatic carbocycles. The predicted octanol–water partition coefficient (Wildman–Crippen LogP) is 4.56. The molecule has 0 fully saturated rings. The second-order valence-electron chi connectivity index (χ2n) is 6.71. The molecule has 152 valence electrons. The number of fused-ring (bicyclic) bond motifs is 1. The number of hydrogen-bond donors (Lipinski definition) is 0. The van der Waals surface area contributed by atoms with Gasteiger partial charge in [-0.15, -0.1) is 0 Å². The third-order valence-corrected chi connectivity index (χ3v) is 3.92. The zero-order chi connectivity index (χ0) is 21.9. The first-order valence-electron chi connectivity index (χ1n) is 9.53. The number of carbonyl (C=O) groups is 2. The van der Waals surface area contributed by atoms with Gasteiger partial charge < -0.3 is 9.47 Å². The smallest absolute Gasteiger partial charge is 0.333 e. The second-order valence-corrected chi connectivity index (χ2v) is 6.71. The highest BCUT2D eigenvalue weighted by Crippen LogP contribution is 2.17. The average Bonchev–Trinajstić information content (AvgIpc) is 2.72. The first-order chi connectivity index (χ1) is 14.4. The highest BCUT2D eigenvalue weighted by Gasteiger charge is 2.02. The molecular formula is C26H24O4. The Morgan fingerprint density at radius 3 is 1.53 bits per heavy atom. The Bertz CT molecular complexity index is 1010. The van der Waals surface area contributed by atoms with E-state index in [2.05, 4.69) is 36.8 Å². The van der Waals surface area contributed by atoms with E-state index in [-0.39, 0.29) is 13.2 Å². The summed E-state index contributed by atoms with van der Waals surface area (Å²) in [7, 11) is 0. The second kappa shape index (κ2) is 11.3. The summed E-state index contributed by atoms with van der Waals surface area (Å²) in [5.74, 6) is 11.4. The lowest BCUT2D eigenvalue weighted by Gasteiger charge is -2.01. The Morgan fingerprint density at radius 2 is 1.17 bits per heavy atom. The van der Waals surface area contributed by atoms with Gasteiger partial charge in [-0.2, -0.15) is 0 Å². The molecule has 0 unspecified atom stereocenters. The normalized spacial score (nSPS) is 9.53. The Labute approximate surface area is 177 Å². The Morgan fingerprint density at radius 1 is 0.767 bits per heavy atom. The number of benzene rings is 2. The van der Waals surface area contributed by atoms with Crippen molar-refractivity contribution in [2.24, 2.45) is 0 Å². The van der Waals surface area contributed by atoms with Crippen molar-refractivity contribution < 1.29 is 19.1 Å². The van der Waals surface area contributed by atoms with Crippen LogP contribution >= 0.6 is 0 Å². The summed E-state index contributed by atoms with van der Waals surface area (Å²) < 4.78 is 10.0. The van der Waals surface area contributed by atoms with E-state index in [0.717, 1.165) is 21.9 Å². The highest BCUT2D eigenvalue weighted by atomic mass is 16.5. The van der Waals surface area contributed by atoms with Crippen molar-refractivity contribution in [2.75, 3.05) is 13.2 Å². The standard InChI is InChI=1S/C26H24O4/c1-19(2)25(27)29-15-7-5-9-21-11-13-24-18-22(12-14-23(24)17-21)10-6-8-16-30-26(28)20(3)4/h11-14,17-18H,1,3,7-8,15-16H2,2,4H3. The topological polar surface area (TPSA) is 52.6 Å². The molecule has 30 heavy (non-hydrogen) atoms. The first-order valence-corrected chi connectivity index (χ1v) is 9.53. The van der Waals surface area contributed by atoms with Crippen molar-refractivity contribution in [1.82, 2.24) is 0 Å². The molecule has 2 aromatic rings. The van der Waals surface area contributed by atoms with Crippen molar-refractivity contribution in [1.29, 1.82) is 0 Å². The first kappa shape index (κ1) is 22.5. The number of rotatable bonds is 6. The van der Waals surface area contributed by atoms with E-state index < -0.39 is 11.9 Å². The molecule has 0 heterocycles. The lowest BCUT2D eigenvalue weighted by atomic mass is 10.0. The van der Waals surface area contributed by atoms with Crippen LogP contribution < -0.4 is 0 Å². The number of esters is 2. The van der Waals surface area contributed by atoms with Crippen LogP contribution in [0.1, 0.15) is 37.8 Å². The van der Waals surface area contributed by atoms with E-state index in [0.29, 0.717) is 24.0 Å². The highest BCUT2D eigenvalue weighted by molar-refractivity contribution is 5.87.